The van der Waals surface area contributed by atoms with Gasteiger partial charge in [0.1, 0.15) is 11.8 Å². The van der Waals surface area contributed by atoms with Gasteiger partial charge in [-0.15, -0.1) is 0 Å². The predicted molar refractivity (Wildman–Crippen MR) is 97.2 cm³/mol. The summed E-state index contributed by atoms with van der Waals surface area (Å²) in [5.41, 5.74) is 2.79. The Morgan fingerprint density at radius 2 is 2.12 bits per heavy atom. The van der Waals surface area contributed by atoms with Crippen molar-refractivity contribution in [2.45, 2.75) is 18.4 Å². The average molecular weight is 347 g/mol. The van der Waals surface area contributed by atoms with Gasteiger partial charge in [0.15, 0.2) is 0 Å². The number of nitrogens with one attached hydrogen (secondary N) is 1. The van der Waals surface area contributed by atoms with E-state index in [4.69, 9.17) is 4.74 Å². The first-order chi connectivity index (χ1) is 12.6. The normalized spacial score (nSPS) is 22.7. The number of nitriles is 1. The molecule has 0 unspecified atom stereocenters. The van der Waals surface area contributed by atoms with Gasteiger partial charge in [0.05, 0.1) is 29.3 Å². The van der Waals surface area contributed by atoms with Gasteiger partial charge in [-0.05, 0) is 24.0 Å². The zero-order chi connectivity index (χ0) is 18.3. The molecule has 2 aliphatic rings. The Labute approximate surface area is 150 Å². The minimum atomic E-state index is -0.443. The van der Waals surface area contributed by atoms with Crippen LogP contribution in [0.5, 0.6) is 5.75 Å². The van der Waals surface area contributed by atoms with Crippen molar-refractivity contribution in [3.05, 3.63) is 75.4 Å². The molecule has 26 heavy (non-hydrogen) atoms. The van der Waals surface area contributed by atoms with E-state index in [-0.39, 0.29) is 23.6 Å². The number of fused-ring (bicyclic) bond motifs is 3. The van der Waals surface area contributed by atoms with Gasteiger partial charge in [0.2, 0.25) is 0 Å². The standard InChI is InChI=1S/C20H17N3O3/c1-26-18-8-3-2-5-16(18)20-15-7-4-6-14(15)17-10-13(23(24)25)9-12(11-21)19(17)22-20/h2-6,8-10,14-15,20,22H,7H2,1H3/t14-,15+,20-/m1/s1. The molecular weight excluding hydrogens is 330 g/mol. The highest BCUT2D eigenvalue weighted by Crippen LogP contribution is 2.52. The van der Waals surface area contributed by atoms with Crippen molar-refractivity contribution in [1.82, 2.24) is 0 Å². The molecule has 1 aliphatic carbocycles. The van der Waals surface area contributed by atoms with Crippen molar-refractivity contribution in [1.29, 1.82) is 5.26 Å². The van der Waals surface area contributed by atoms with Crippen molar-refractivity contribution < 1.29 is 9.66 Å². The first kappa shape index (κ1) is 16.2. The number of nitro groups is 1. The van der Waals surface area contributed by atoms with E-state index in [1.165, 1.54) is 6.07 Å². The Hall–Kier alpha value is -3.33. The maximum atomic E-state index is 11.3. The highest BCUT2D eigenvalue weighted by Gasteiger charge is 2.40. The van der Waals surface area contributed by atoms with E-state index < -0.39 is 4.92 Å². The Bertz CT molecular complexity index is 961. The van der Waals surface area contributed by atoms with Crippen LogP contribution in [0.25, 0.3) is 0 Å². The topological polar surface area (TPSA) is 88.2 Å². The maximum Gasteiger partial charge on any atom is 0.271 e. The van der Waals surface area contributed by atoms with E-state index in [0.717, 1.165) is 23.3 Å². The van der Waals surface area contributed by atoms with E-state index in [0.29, 0.717) is 11.3 Å². The molecule has 130 valence electrons. The fourth-order valence-electron chi connectivity index (χ4n) is 4.11. The molecule has 0 saturated heterocycles. The zero-order valence-corrected chi connectivity index (χ0v) is 14.2. The van der Waals surface area contributed by atoms with E-state index in [1.54, 1.807) is 13.2 Å². The number of non-ortho nitro benzene ring substituents is 1. The molecule has 2 aromatic carbocycles. The third kappa shape index (κ3) is 2.40. The van der Waals surface area contributed by atoms with Crippen molar-refractivity contribution in [2.24, 2.45) is 5.92 Å². The second kappa shape index (κ2) is 6.19. The molecule has 2 aromatic rings. The molecule has 0 radical (unpaired) electrons. The number of ether oxygens (including phenoxy) is 1. The lowest BCUT2D eigenvalue weighted by Crippen LogP contribution is -2.30. The lowest BCUT2D eigenvalue weighted by molar-refractivity contribution is -0.384. The van der Waals surface area contributed by atoms with Crippen molar-refractivity contribution in [3.63, 3.8) is 0 Å². The van der Waals surface area contributed by atoms with Gasteiger partial charge in [-0.25, -0.2) is 0 Å². The first-order valence-electron chi connectivity index (χ1n) is 8.42. The second-order valence-electron chi connectivity index (χ2n) is 6.54. The van der Waals surface area contributed by atoms with Gasteiger partial charge < -0.3 is 10.1 Å². The summed E-state index contributed by atoms with van der Waals surface area (Å²) >= 11 is 0. The molecule has 0 saturated carbocycles. The van der Waals surface area contributed by atoms with Crippen LogP contribution in [-0.4, -0.2) is 12.0 Å². The number of hydrogen-bond donors (Lipinski definition) is 1. The molecule has 1 N–H and O–H groups in total. The summed E-state index contributed by atoms with van der Waals surface area (Å²) in [5, 5.41) is 24.3. The Kier molecular flexibility index (Phi) is 3.85. The molecule has 0 fully saturated rings. The van der Waals surface area contributed by atoms with E-state index >= 15 is 0 Å². The highest BCUT2D eigenvalue weighted by atomic mass is 16.6. The number of hydrogen-bond acceptors (Lipinski definition) is 5. The lowest BCUT2D eigenvalue weighted by atomic mass is 9.76. The zero-order valence-electron chi connectivity index (χ0n) is 14.2. The van der Waals surface area contributed by atoms with Gasteiger partial charge in [0, 0.05) is 23.6 Å². The van der Waals surface area contributed by atoms with Crippen molar-refractivity contribution in [3.8, 4) is 11.8 Å². The number of anilines is 1. The van der Waals surface area contributed by atoms with Crippen LogP contribution in [0, 0.1) is 27.4 Å². The maximum absolute atomic E-state index is 11.3. The fourth-order valence-corrected chi connectivity index (χ4v) is 4.11. The van der Waals surface area contributed by atoms with Crippen molar-refractivity contribution in [2.75, 3.05) is 12.4 Å². The van der Waals surface area contributed by atoms with Crippen LogP contribution in [-0.2, 0) is 0 Å². The SMILES string of the molecule is COc1ccccc1[C@@H]1Nc2c(C#N)cc([N+](=O)[O-])cc2[C@@H]2C=CC[C@@H]21. The third-order valence-corrected chi connectivity index (χ3v) is 5.26. The summed E-state index contributed by atoms with van der Waals surface area (Å²) in [4.78, 5) is 10.8. The van der Waals surface area contributed by atoms with Crippen LogP contribution in [0.1, 0.15) is 35.1 Å². The molecule has 4 rings (SSSR count). The lowest BCUT2D eigenvalue weighted by Gasteiger charge is -2.38. The second-order valence-corrected chi connectivity index (χ2v) is 6.54. The third-order valence-electron chi connectivity index (χ3n) is 5.26. The number of benzene rings is 2. The number of nitrogens with zero attached hydrogens (tertiary/aromatic N) is 2. The summed E-state index contributed by atoms with van der Waals surface area (Å²) in [7, 11) is 1.64. The van der Waals surface area contributed by atoms with Gasteiger partial charge in [-0.1, -0.05) is 30.4 Å². The molecule has 6 nitrogen and oxygen atoms in total. The Balaban J connectivity index is 1.88. The molecular formula is C20H17N3O3. The predicted octanol–water partition coefficient (Wildman–Crippen LogP) is 4.30. The van der Waals surface area contributed by atoms with Crippen LogP contribution in [0.3, 0.4) is 0 Å². The van der Waals surface area contributed by atoms with Gasteiger partial charge >= 0.3 is 0 Å². The van der Waals surface area contributed by atoms with Crippen LogP contribution in [0.2, 0.25) is 0 Å². The van der Waals surface area contributed by atoms with Crippen LogP contribution >= 0.6 is 0 Å². The average Bonchev–Trinajstić information content (AvgIpc) is 3.16. The highest BCUT2D eigenvalue weighted by molar-refractivity contribution is 5.71. The number of para-hydroxylation sites is 1. The van der Waals surface area contributed by atoms with E-state index in [2.05, 4.69) is 23.5 Å². The Morgan fingerprint density at radius 3 is 2.85 bits per heavy atom. The molecule has 6 heteroatoms. The molecule has 0 spiro atoms. The largest absolute Gasteiger partial charge is 0.496 e. The molecule has 0 amide bonds. The minimum absolute atomic E-state index is 0.0350. The van der Waals surface area contributed by atoms with Crippen LogP contribution < -0.4 is 10.1 Å². The minimum Gasteiger partial charge on any atom is -0.496 e. The summed E-state index contributed by atoms with van der Waals surface area (Å²) in [6.07, 6.45) is 5.07. The van der Waals surface area contributed by atoms with Crippen LogP contribution in [0.15, 0.2) is 48.6 Å². The number of methoxy groups -OCH3 is 1. The summed E-state index contributed by atoms with van der Waals surface area (Å²) < 4.78 is 5.53. The van der Waals surface area contributed by atoms with Gasteiger partial charge in [0.25, 0.3) is 5.69 Å². The first-order valence-corrected chi connectivity index (χ1v) is 8.42. The number of nitro benzene ring substituents is 1. The molecule has 0 aromatic heterocycles. The van der Waals surface area contributed by atoms with E-state index in [1.807, 2.05) is 24.3 Å². The summed E-state index contributed by atoms with van der Waals surface area (Å²) in [6, 6.07) is 12.8. The smallest absolute Gasteiger partial charge is 0.271 e. The fraction of sp³-hybridized carbons (Fsp3) is 0.250. The van der Waals surface area contributed by atoms with Gasteiger partial charge in [-0.3, -0.25) is 10.1 Å². The number of allylic oxidation sites excluding steroid dienone is 2. The van der Waals surface area contributed by atoms with Crippen LogP contribution in [0.4, 0.5) is 11.4 Å². The van der Waals surface area contributed by atoms with E-state index in [9.17, 15) is 15.4 Å². The molecule has 3 atom stereocenters. The quantitative estimate of drug-likeness (QED) is 0.508. The van der Waals surface area contributed by atoms with Gasteiger partial charge in [-0.2, -0.15) is 5.26 Å². The summed E-state index contributed by atoms with van der Waals surface area (Å²) in [5.74, 6) is 1.04. The molecule has 1 aliphatic heterocycles. The van der Waals surface area contributed by atoms with Crippen molar-refractivity contribution >= 4 is 11.4 Å². The number of rotatable bonds is 3. The monoisotopic (exact) mass is 347 g/mol. The molecule has 0 bridgehead atoms. The summed E-state index contributed by atoms with van der Waals surface area (Å²) in [6.45, 7) is 0. The Morgan fingerprint density at radius 1 is 1.31 bits per heavy atom. The molecule has 1 heterocycles.